The Balaban J connectivity index is 3.15. The van der Waals surface area contributed by atoms with E-state index in [0.29, 0.717) is 9.50 Å². The standard InChI is InChI=1S/C9H11BrClNO/c1-2-8(12)5-3-6(10)9(13)4-7(5)11/h3-4,8,13H,2,12H2,1H3. The molecule has 0 saturated carbocycles. The van der Waals surface area contributed by atoms with Gasteiger partial charge in [0.2, 0.25) is 0 Å². The summed E-state index contributed by atoms with van der Waals surface area (Å²) in [6.45, 7) is 1.99. The fraction of sp³-hybridized carbons (Fsp3) is 0.333. The van der Waals surface area contributed by atoms with E-state index >= 15 is 0 Å². The highest BCUT2D eigenvalue weighted by atomic mass is 79.9. The summed E-state index contributed by atoms with van der Waals surface area (Å²) >= 11 is 9.13. The second-order valence-corrected chi connectivity index (χ2v) is 4.10. The third-order valence-electron chi connectivity index (χ3n) is 1.91. The van der Waals surface area contributed by atoms with Crippen LogP contribution in [0.2, 0.25) is 5.02 Å². The lowest BCUT2D eigenvalue weighted by Crippen LogP contribution is -2.09. The SMILES string of the molecule is CCC(N)c1cc(Br)c(O)cc1Cl. The molecule has 0 radical (unpaired) electrons. The number of hydrogen-bond donors (Lipinski definition) is 2. The molecule has 4 heteroatoms. The number of hydrogen-bond acceptors (Lipinski definition) is 2. The number of benzene rings is 1. The van der Waals surface area contributed by atoms with E-state index in [4.69, 9.17) is 17.3 Å². The molecule has 0 saturated heterocycles. The van der Waals surface area contributed by atoms with Gasteiger partial charge in [-0.1, -0.05) is 18.5 Å². The molecule has 0 heterocycles. The van der Waals surface area contributed by atoms with Crippen LogP contribution >= 0.6 is 27.5 Å². The maximum atomic E-state index is 9.31. The van der Waals surface area contributed by atoms with Crippen molar-refractivity contribution in [3.8, 4) is 5.75 Å². The van der Waals surface area contributed by atoms with Gasteiger partial charge in [-0.15, -0.1) is 0 Å². The second kappa shape index (κ2) is 4.31. The van der Waals surface area contributed by atoms with E-state index in [-0.39, 0.29) is 11.8 Å². The summed E-state index contributed by atoms with van der Waals surface area (Å²) in [4.78, 5) is 0. The Morgan fingerprint density at radius 1 is 1.62 bits per heavy atom. The molecule has 1 unspecified atom stereocenters. The minimum atomic E-state index is -0.0793. The van der Waals surface area contributed by atoms with Gasteiger partial charge in [0.25, 0.3) is 0 Å². The van der Waals surface area contributed by atoms with Crippen molar-refractivity contribution in [1.82, 2.24) is 0 Å². The van der Waals surface area contributed by atoms with Gasteiger partial charge in [-0.05, 0) is 40.0 Å². The topological polar surface area (TPSA) is 46.2 Å². The van der Waals surface area contributed by atoms with E-state index in [9.17, 15) is 5.11 Å². The van der Waals surface area contributed by atoms with Gasteiger partial charge in [0.1, 0.15) is 5.75 Å². The van der Waals surface area contributed by atoms with E-state index in [1.807, 2.05) is 6.92 Å². The van der Waals surface area contributed by atoms with Gasteiger partial charge < -0.3 is 10.8 Å². The average molecular weight is 265 g/mol. The Hall–Kier alpha value is -0.250. The highest BCUT2D eigenvalue weighted by Gasteiger charge is 2.11. The summed E-state index contributed by atoms with van der Waals surface area (Å²) in [5.74, 6) is 0.136. The molecule has 13 heavy (non-hydrogen) atoms. The maximum absolute atomic E-state index is 9.31. The second-order valence-electron chi connectivity index (χ2n) is 2.84. The zero-order chi connectivity index (χ0) is 10.0. The Kier molecular flexibility index (Phi) is 3.59. The first-order valence-electron chi connectivity index (χ1n) is 3.99. The average Bonchev–Trinajstić information content (AvgIpc) is 2.10. The van der Waals surface area contributed by atoms with Crippen molar-refractivity contribution in [2.24, 2.45) is 5.73 Å². The summed E-state index contributed by atoms with van der Waals surface area (Å²) in [7, 11) is 0. The molecule has 1 aromatic carbocycles. The minimum absolute atomic E-state index is 0.0793. The Morgan fingerprint density at radius 3 is 2.77 bits per heavy atom. The van der Waals surface area contributed by atoms with Crippen molar-refractivity contribution in [1.29, 1.82) is 0 Å². The van der Waals surface area contributed by atoms with Crippen LogP contribution in [0.3, 0.4) is 0 Å². The first-order chi connectivity index (χ1) is 6.06. The van der Waals surface area contributed by atoms with Gasteiger partial charge in [-0.25, -0.2) is 0 Å². The Labute approximate surface area is 90.8 Å². The van der Waals surface area contributed by atoms with Crippen molar-refractivity contribution >= 4 is 27.5 Å². The van der Waals surface area contributed by atoms with E-state index in [1.165, 1.54) is 6.07 Å². The smallest absolute Gasteiger partial charge is 0.131 e. The molecule has 0 aliphatic heterocycles. The van der Waals surface area contributed by atoms with Crippen molar-refractivity contribution in [2.75, 3.05) is 0 Å². The Morgan fingerprint density at radius 2 is 2.23 bits per heavy atom. The van der Waals surface area contributed by atoms with Crippen LogP contribution in [0.25, 0.3) is 0 Å². The molecule has 0 aliphatic carbocycles. The van der Waals surface area contributed by atoms with Crippen LogP contribution in [0.15, 0.2) is 16.6 Å². The maximum Gasteiger partial charge on any atom is 0.131 e. The number of nitrogens with two attached hydrogens (primary N) is 1. The summed E-state index contributed by atoms with van der Waals surface area (Å²) < 4.78 is 0.621. The van der Waals surface area contributed by atoms with Crippen LogP contribution in [-0.2, 0) is 0 Å². The quantitative estimate of drug-likeness (QED) is 0.861. The molecule has 0 fully saturated rings. The van der Waals surface area contributed by atoms with Crippen molar-refractivity contribution < 1.29 is 5.11 Å². The highest BCUT2D eigenvalue weighted by molar-refractivity contribution is 9.10. The zero-order valence-corrected chi connectivity index (χ0v) is 9.56. The normalized spacial score (nSPS) is 12.9. The van der Waals surface area contributed by atoms with Gasteiger partial charge in [-0.2, -0.15) is 0 Å². The predicted octanol–water partition coefficient (Wildman–Crippen LogP) is 3.22. The summed E-state index contributed by atoms with van der Waals surface area (Å²) in [5.41, 5.74) is 6.68. The predicted molar refractivity (Wildman–Crippen MR) is 58.0 cm³/mol. The fourth-order valence-corrected chi connectivity index (χ4v) is 1.71. The number of phenolic OH excluding ortho intramolecular Hbond substituents is 1. The lowest BCUT2D eigenvalue weighted by atomic mass is 10.1. The van der Waals surface area contributed by atoms with Gasteiger partial charge in [0, 0.05) is 11.1 Å². The summed E-state index contributed by atoms with van der Waals surface area (Å²) in [5, 5.41) is 9.82. The van der Waals surface area contributed by atoms with Crippen LogP contribution < -0.4 is 5.73 Å². The molecule has 0 aromatic heterocycles. The molecule has 2 nitrogen and oxygen atoms in total. The first kappa shape index (κ1) is 10.8. The largest absolute Gasteiger partial charge is 0.507 e. The van der Waals surface area contributed by atoms with Gasteiger partial charge in [-0.3, -0.25) is 0 Å². The van der Waals surface area contributed by atoms with E-state index in [1.54, 1.807) is 6.07 Å². The van der Waals surface area contributed by atoms with Crippen LogP contribution in [0, 0.1) is 0 Å². The van der Waals surface area contributed by atoms with E-state index in [2.05, 4.69) is 15.9 Å². The monoisotopic (exact) mass is 263 g/mol. The molecular formula is C9H11BrClNO. The lowest BCUT2D eigenvalue weighted by molar-refractivity contribution is 0.471. The van der Waals surface area contributed by atoms with E-state index < -0.39 is 0 Å². The van der Waals surface area contributed by atoms with Gasteiger partial charge >= 0.3 is 0 Å². The molecule has 1 aromatic rings. The number of aromatic hydroxyl groups is 1. The highest BCUT2D eigenvalue weighted by Crippen LogP contribution is 2.33. The molecule has 0 spiro atoms. The van der Waals surface area contributed by atoms with Crippen molar-refractivity contribution in [2.45, 2.75) is 19.4 Å². The number of phenols is 1. The molecule has 1 atom stereocenters. The van der Waals surface area contributed by atoms with Crippen molar-refractivity contribution in [3.63, 3.8) is 0 Å². The number of halogens is 2. The van der Waals surface area contributed by atoms with Crippen LogP contribution in [0.1, 0.15) is 24.9 Å². The van der Waals surface area contributed by atoms with Gasteiger partial charge in [0.05, 0.1) is 4.47 Å². The number of rotatable bonds is 2. The van der Waals surface area contributed by atoms with Crippen LogP contribution in [0.4, 0.5) is 0 Å². The molecule has 0 aliphatic rings. The zero-order valence-electron chi connectivity index (χ0n) is 7.22. The minimum Gasteiger partial charge on any atom is -0.507 e. The molecule has 1 rings (SSSR count). The molecule has 3 N–H and O–H groups in total. The summed E-state index contributed by atoms with van der Waals surface area (Å²) in [6.07, 6.45) is 0.816. The lowest BCUT2D eigenvalue weighted by Gasteiger charge is -2.12. The first-order valence-corrected chi connectivity index (χ1v) is 5.16. The molecular weight excluding hydrogens is 253 g/mol. The van der Waals surface area contributed by atoms with Crippen LogP contribution in [-0.4, -0.2) is 5.11 Å². The molecule has 0 amide bonds. The van der Waals surface area contributed by atoms with E-state index in [0.717, 1.165) is 12.0 Å². The Bertz CT molecular complexity index is 317. The van der Waals surface area contributed by atoms with Crippen molar-refractivity contribution in [3.05, 3.63) is 27.2 Å². The third-order valence-corrected chi connectivity index (χ3v) is 2.87. The van der Waals surface area contributed by atoms with Gasteiger partial charge in [0.15, 0.2) is 0 Å². The fourth-order valence-electron chi connectivity index (χ4n) is 1.06. The summed E-state index contributed by atoms with van der Waals surface area (Å²) in [6, 6.07) is 3.17. The third kappa shape index (κ3) is 2.36. The molecule has 0 bridgehead atoms. The molecule has 72 valence electrons. The van der Waals surface area contributed by atoms with Crippen LogP contribution in [0.5, 0.6) is 5.75 Å².